The number of nitrogens with zero attached hydrogens (tertiary/aromatic N) is 3. The zero-order valence-corrected chi connectivity index (χ0v) is 21.6. The van der Waals surface area contributed by atoms with Gasteiger partial charge in [0.05, 0.1) is 33.6 Å². The Morgan fingerprint density at radius 1 is 0.300 bits per heavy atom. The second-order valence-corrected chi connectivity index (χ2v) is 10.1. The molecule has 0 aliphatic heterocycles. The Bertz CT molecular complexity index is 2220. The van der Waals surface area contributed by atoms with Gasteiger partial charge in [0.2, 0.25) is 0 Å². The fourth-order valence-corrected chi connectivity index (χ4v) is 5.51. The summed E-state index contributed by atoms with van der Waals surface area (Å²) >= 11 is 0. The molecule has 0 amide bonds. The van der Waals surface area contributed by atoms with Gasteiger partial charge in [-0.25, -0.2) is 15.0 Å². The SMILES string of the molecule is c1ccc(-c2cccc(-c3ccc4ccc5ccc(-c6ccc7cc8ccccc8cc7n6)nc5c4n3)c2)cc1. The van der Waals surface area contributed by atoms with Crippen molar-refractivity contribution in [3.63, 3.8) is 0 Å². The topological polar surface area (TPSA) is 38.7 Å². The summed E-state index contributed by atoms with van der Waals surface area (Å²) in [5.74, 6) is 0. The van der Waals surface area contributed by atoms with E-state index in [2.05, 4.69) is 133 Å². The molecule has 0 aliphatic carbocycles. The van der Waals surface area contributed by atoms with Gasteiger partial charge in [-0.1, -0.05) is 103 Å². The molecule has 0 saturated carbocycles. The van der Waals surface area contributed by atoms with E-state index in [1.807, 2.05) is 6.07 Å². The Morgan fingerprint density at radius 2 is 0.850 bits per heavy atom. The van der Waals surface area contributed by atoms with Gasteiger partial charge in [0, 0.05) is 21.7 Å². The molecular formula is C37H23N3. The molecule has 186 valence electrons. The van der Waals surface area contributed by atoms with Crippen molar-refractivity contribution < 1.29 is 0 Å². The standard InChI is InChI=1S/C37H23N3/c1-2-7-24(8-3-1)27-11-6-12-30(21-27)32-18-15-25-13-14-26-16-19-34(40-37(26)36(25)39-32)33-20-17-31-22-28-9-4-5-10-29(28)23-35(31)38-33/h1-23H. The lowest BCUT2D eigenvalue weighted by Gasteiger charge is -2.09. The minimum Gasteiger partial charge on any atom is -0.246 e. The molecule has 3 nitrogen and oxygen atoms in total. The summed E-state index contributed by atoms with van der Waals surface area (Å²) in [6, 6.07) is 48.6. The molecule has 8 aromatic rings. The second-order valence-electron chi connectivity index (χ2n) is 10.1. The van der Waals surface area contributed by atoms with Gasteiger partial charge in [0.1, 0.15) is 0 Å². The number of pyridine rings is 3. The second kappa shape index (κ2) is 9.11. The normalized spacial score (nSPS) is 11.5. The molecule has 5 aromatic carbocycles. The maximum absolute atomic E-state index is 5.14. The van der Waals surface area contributed by atoms with Gasteiger partial charge in [-0.3, -0.25) is 0 Å². The van der Waals surface area contributed by atoms with E-state index < -0.39 is 0 Å². The van der Waals surface area contributed by atoms with Crippen LogP contribution in [0, 0.1) is 0 Å². The van der Waals surface area contributed by atoms with E-state index in [4.69, 9.17) is 15.0 Å². The van der Waals surface area contributed by atoms with Gasteiger partial charge in [-0.15, -0.1) is 0 Å². The summed E-state index contributed by atoms with van der Waals surface area (Å²) in [4.78, 5) is 15.3. The van der Waals surface area contributed by atoms with E-state index in [1.165, 1.54) is 21.9 Å². The number of benzene rings is 5. The zero-order valence-electron chi connectivity index (χ0n) is 21.6. The Balaban J connectivity index is 1.26. The lowest BCUT2D eigenvalue weighted by molar-refractivity contribution is 1.31. The molecule has 0 radical (unpaired) electrons. The fourth-order valence-electron chi connectivity index (χ4n) is 5.51. The number of hydrogen-bond acceptors (Lipinski definition) is 3. The molecule has 40 heavy (non-hydrogen) atoms. The molecule has 0 unspecified atom stereocenters. The average molecular weight is 510 g/mol. The molecule has 0 saturated heterocycles. The molecule has 0 fully saturated rings. The number of aromatic nitrogens is 3. The quantitative estimate of drug-likeness (QED) is 0.176. The number of hydrogen-bond donors (Lipinski definition) is 0. The highest BCUT2D eigenvalue weighted by Crippen LogP contribution is 2.31. The van der Waals surface area contributed by atoms with Crippen LogP contribution >= 0.6 is 0 Å². The smallest absolute Gasteiger partial charge is 0.0973 e. The van der Waals surface area contributed by atoms with E-state index in [0.29, 0.717) is 0 Å². The molecule has 3 aromatic heterocycles. The third-order valence-electron chi connectivity index (χ3n) is 7.60. The van der Waals surface area contributed by atoms with Crippen molar-refractivity contribution in [1.29, 1.82) is 0 Å². The lowest BCUT2D eigenvalue weighted by atomic mass is 10.0. The molecule has 0 bridgehead atoms. The Morgan fingerprint density at radius 3 is 1.62 bits per heavy atom. The van der Waals surface area contributed by atoms with Crippen LogP contribution in [-0.4, -0.2) is 15.0 Å². The highest BCUT2D eigenvalue weighted by atomic mass is 14.8. The van der Waals surface area contributed by atoms with Crippen LogP contribution in [0.2, 0.25) is 0 Å². The van der Waals surface area contributed by atoms with Crippen molar-refractivity contribution in [3.8, 4) is 33.8 Å². The first-order valence-electron chi connectivity index (χ1n) is 13.4. The van der Waals surface area contributed by atoms with Crippen molar-refractivity contribution in [2.45, 2.75) is 0 Å². The molecule has 8 rings (SSSR count). The summed E-state index contributed by atoms with van der Waals surface area (Å²) in [6.07, 6.45) is 0. The van der Waals surface area contributed by atoms with Gasteiger partial charge in [0.15, 0.2) is 0 Å². The molecule has 3 heteroatoms. The minimum atomic E-state index is 0.841. The van der Waals surface area contributed by atoms with E-state index in [0.717, 1.165) is 55.4 Å². The van der Waals surface area contributed by atoms with Crippen molar-refractivity contribution in [2.24, 2.45) is 0 Å². The van der Waals surface area contributed by atoms with E-state index in [1.54, 1.807) is 0 Å². The van der Waals surface area contributed by atoms with Crippen LogP contribution < -0.4 is 0 Å². The van der Waals surface area contributed by atoms with Crippen molar-refractivity contribution in [3.05, 3.63) is 140 Å². The van der Waals surface area contributed by atoms with Crippen molar-refractivity contribution >= 4 is 43.5 Å². The Labute approximate surface area is 231 Å². The van der Waals surface area contributed by atoms with Gasteiger partial charge in [-0.05, 0) is 58.3 Å². The van der Waals surface area contributed by atoms with Crippen LogP contribution in [0.15, 0.2) is 140 Å². The molecule has 0 aliphatic rings. The predicted octanol–water partition coefficient (Wildman–Crippen LogP) is 9.49. The van der Waals surface area contributed by atoms with Crippen LogP contribution in [0.3, 0.4) is 0 Å². The van der Waals surface area contributed by atoms with Crippen molar-refractivity contribution in [2.75, 3.05) is 0 Å². The van der Waals surface area contributed by atoms with Crippen LogP contribution in [0.5, 0.6) is 0 Å². The maximum atomic E-state index is 5.14. The lowest BCUT2D eigenvalue weighted by Crippen LogP contribution is -1.93. The first kappa shape index (κ1) is 22.6. The average Bonchev–Trinajstić information content (AvgIpc) is 3.03. The van der Waals surface area contributed by atoms with Crippen LogP contribution in [0.4, 0.5) is 0 Å². The van der Waals surface area contributed by atoms with Crippen LogP contribution in [0.1, 0.15) is 0 Å². The maximum Gasteiger partial charge on any atom is 0.0973 e. The summed E-state index contributed by atoms with van der Waals surface area (Å²) in [5, 5.41) is 5.66. The first-order valence-corrected chi connectivity index (χ1v) is 13.4. The molecule has 0 N–H and O–H groups in total. The van der Waals surface area contributed by atoms with Gasteiger partial charge in [-0.2, -0.15) is 0 Å². The molecule has 0 spiro atoms. The largest absolute Gasteiger partial charge is 0.246 e. The zero-order chi connectivity index (χ0) is 26.5. The third kappa shape index (κ3) is 3.88. The minimum absolute atomic E-state index is 0.841. The van der Waals surface area contributed by atoms with E-state index in [9.17, 15) is 0 Å². The van der Waals surface area contributed by atoms with Gasteiger partial charge < -0.3 is 0 Å². The molecule has 0 atom stereocenters. The van der Waals surface area contributed by atoms with Gasteiger partial charge >= 0.3 is 0 Å². The van der Waals surface area contributed by atoms with Crippen LogP contribution in [-0.2, 0) is 0 Å². The van der Waals surface area contributed by atoms with Crippen molar-refractivity contribution in [1.82, 2.24) is 15.0 Å². The summed E-state index contributed by atoms with van der Waals surface area (Å²) in [5.41, 5.74) is 8.83. The van der Waals surface area contributed by atoms with Crippen LogP contribution in [0.25, 0.3) is 77.3 Å². The predicted molar refractivity (Wildman–Crippen MR) is 166 cm³/mol. The highest BCUT2D eigenvalue weighted by molar-refractivity contribution is 6.04. The Hall–Kier alpha value is -5.41. The Kier molecular flexibility index (Phi) is 5.14. The summed E-state index contributed by atoms with van der Waals surface area (Å²) in [6.45, 7) is 0. The number of rotatable bonds is 3. The molecule has 3 heterocycles. The monoisotopic (exact) mass is 509 g/mol. The fraction of sp³-hybridized carbons (Fsp3) is 0. The molecular weight excluding hydrogens is 486 g/mol. The summed E-state index contributed by atoms with van der Waals surface area (Å²) < 4.78 is 0. The van der Waals surface area contributed by atoms with E-state index >= 15 is 0 Å². The highest BCUT2D eigenvalue weighted by Gasteiger charge is 2.11. The van der Waals surface area contributed by atoms with E-state index in [-0.39, 0.29) is 0 Å². The first-order chi connectivity index (χ1) is 19.8. The number of fused-ring (bicyclic) bond motifs is 5. The third-order valence-corrected chi connectivity index (χ3v) is 7.60. The van der Waals surface area contributed by atoms with Gasteiger partial charge in [0.25, 0.3) is 0 Å². The summed E-state index contributed by atoms with van der Waals surface area (Å²) in [7, 11) is 0.